The summed E-state index contributed by atoms with van der Waals surface area (Å²) in [5, 5.41) is 2.60. The number of aryl methyl sites for hydroxylation is 1. The van der Waals surface area contributed by atoms with Crippen molar-refractivity contribution in [2.75, 3.05) is 25.4 Å². The SMILES string of the molecule is Cc1cc(F)c(N)cc1S(=O)(=O)N1CCCNC(=O)C1. The Hall–Kier alpha value is -1.67. The van der Waals surface area contributed by atoms with E-state index < -0.39 is 15.8 Å². The van der Waals surface area contributed by atoms with Crippen LogP contribution in [0.25, 0.3) is 0 Å². The van der Waals surface area contributed by atoms with Crippen LogP contribution in [0.4, 0.5) is 10.1 Å². The van der Waals surface area contributed by atoms with Crippen LogP contribution in [0.3, 0.4) is 0 Å². The number of carbonyl (C=O) groups excluding carboxylic acids is 1. The summed E-state index contributed by atoms with van der Waals surface area (Å²) in [5.41, 5.74) is 5.47. The molecule has 8 heteroatoms. The van der Waals surface area contributed by atoms with E-state index in [1.807, 2.05) is 0 Å². The highest BCUT2D eigenvalue weighted by Gasteiger charge is 2.29. The average Bonchev–Trinajstić information content (AvgIpc) is 2.58. The Bertz CT molecular complexity index is 646. The third kappa shape index (κ3) is 2.75. The molecule has 0 radical (unpaired) electrons. The van der Waals surface area contributed by atoms with E-state index in [1.165, 1.54) is 6.92 Å². The van der Waals surface area contributed by atoms with Crippen LogP contribution >= 0.6 is 0 Å². The highest BCUT2D eigenvalue weighted by molar-refractivity contribution is 7.89. The van der Waals surface area contributed by atoms with Crippen molar-refractivity contribution in [3.63, 3.8) is 0 Å². The van der Waals surface area contributed by atoms with Crippen LogP contribution < -0.4 is 11.1 Å². The number of rotatable bonds is 2. The van der Waals surface area contributed by atoms with Gasteiger partial charge in [-0.3, -0.25) is 4.79 Å². The summed E-state index contributed by atoms with van der Waals surface area (Å²) in [7, 11) is -3.86. The van der Waals surface area contributed by atoms with Crippen molar-refractivity contribution in [1.29, 1.82) is 0 Å². The number of amides is 1. The molecule has 1 amide bonds. The van der Waals surface area contributed by atoms with E-state index in [0.29, 0.717) is 13.0 Å². The number of nitrogens with two attached hydrogens (primary N) is 1. The van der Waals surface area contributed by atoms with E-state index in [0.717, 1.165) is 16.4 Å². The predicted molar refractivity (Wildman–Crippen MR) is 71.9 cm³/mol. The summed E-state index contributed by atoms with van der Waals surface area (Å²) < 4.78 is 39.5. The molecule has 1 fully saturated rings. The first-order chi connectivity index (χ1) is 9.32. The highest BCUT2D eigenvalue weighted by atomic mass is 32.2. The maximum atomic E-state index is 13.3. The molecule has 1 aliphatic rings. The van der Waals surface area contributed by atoms with E-state index in [4.69, 9.17) is 5.73 Å². The van der Waals surface area contributed by atoms with Gasteiger partial charge in [-0.25, -0.2) is 12.8 Å². The zero-order chi connectivity index (χ0) is 14.9. The Morgan fingerprint density at radius 2 is 2.10 bits per heavy atom. The molecule has 1 aromatic rings. The molecule has 1 aliphatic heterocycles. The van der Waals surface area contributed by atoms with Crippen molar-refractivity contribution in [3.8, 4) is 0 Å². The molecule has 0 unspecified atom stereocenters. The number of halogens is 1. The van der Waals surface area contributed by atoms with Gasteiger partial charge >= 0.3 is 0 Å². The van der Waals surface area contributed by atoms with Crippen LogP contribution in [0.15, 0.2) is 17.0 Å². The minimum Gasteiger partial charge on any atom is -0.396 e. The molecular weight excluding hydrogens is 285 g/mol. The molecule has 6 nitrogen and oxygen atoms in total. The molecule has 2 rings (SSSR count). The first-order valence-corrected chi connectivity index (χ1v) is 7.59. The topological polar surface area (TPSA) is 92.5 Å². The van der Waals surface area contributed by atoms with Crippen LogP contribution in [0, 0.1) is 12.7 Å². The van der Waals surface area contributed by atoms with Gasteiger partial charge in [0.25, 0.3) is 0 Å². The van der Waals surface area contributed by atoms with Crippen LogP contribution in [0.5, 0.6) is 0 Å². The van der Waals surface area contributed by atoms with E-state index in [2.05, 4.69) is 5.32 Å². The van der Waals surface area contributed by atoms with Crippen molar-refractivity contribution in [2.24, 2.45) is 0 Å². The molecule has 0 aromatic heterocycles. The summed E-state index contributed by atoms with van der Waals surface area (Å²) in [4.78, 5) is 11.4. The first kappa shape index (κ1) is 14.7. The van der Waals surface area contributed by atoms with Crippen molar-refractivity contribution >= 4 is 21.6 Å². The third-order valence-corrected chi connectivity index (χ3v) is 5.13. The van der Waals surface area contributed by atoms with Crippen molar-refractivity contribution in [1.82, 2.24) is 9.62 Å². The maximum absolute atomic E-state index is 13.3. The van der Waals surface area contributed by atoms with Gasteiger partial charge in [0.2, 0.25) is 15.9 Å². The summed E-state index contributed by atoms with van der Waals surface area (Å²) >= 11 is 0. The predicted octanol–water partition coefficient (Wildman–Crippen LogP) is 0.227. The van der Waals surface area contributed by atoms with E-state index >= 15 is 0 Å². The Kier molecular flexibility index (Phi) is 3.96. The standard InChI is InChI=1S/C12H16FN3O3S/c1-8-5-9(13)10(14)6-11(8)20(18,19)16-4-2-3-15-12(17)7-16/h5-6H,2-4,7,14H2,1H3,(H,15,17). The van der Waals surface area contributed by atoms with Gasteiger partial charge in [0.15, 0.2) is 0 Å². The Morgan fingerprint density at radius 3 is 2.80 bits per heavy atom. The van der Waals surface area contributed by atoms with Gasteiger partial charge in [0.05, 0.1) is 17.1 Å². The number of sulfonamides is 1. The molecule has 1 aromatic carbocycles. The summed E-state index contributed by atoms with van der Waals surface area (Å²) in [6, 6.07) is 2.18. The second kappa shape index (κ2) is 5.37. The lowest BCUT2D eigenvalue weighted by Crippen LogP contribution is -2.37. The van der Waals surface area contributed by atoms with Crippen molar-refractivity contribution in [2.45, 2.75) is 18.2 Å². The fourth-order valence-electron chi connectivity index (χ4n) is 2.07. The fourth-order valence-corrected chi connectivity index (χ4v) is 3.75. The number of hydrogen-bond donors (Lipinski definition) is 2. The molecule has 1 heterocycles. The molecule has 1 saturated heterocycles. The van der Waals surface area contributed by atoms with Crippen LogP contribution in [-0.4, -0.2) is 38.3 Å². The van der Waals surface area contributed by atoms with E-state index in [1.54, 1.807) is 0 Å². The number of benzene rings is 1. The number of anilines is 1. The van der Waals surface area contributed by atoms with Crippen molar-refractivity contribution in [3.05, 3.63) is 23.5 Å². The van der Waals surface area contributed by atoms with Gasteiger partial charge in [-0.05, 0) is 31.0 Å². The minimum absolute atomic E-state index is 0.0638. The number of nitrogens with one attached hydrogen (secondary N) is 1. The quantitative estimate of drug-likeness (QED) is 0.765. The molecule has 0 bridgehead atoms. The molecular formula is C12H16FN3O3S. The van der Waals surface area contributed by atoms with Gasteiger partial charge in [-0.15, -0.1) is 0 Å². The molecule has 20 heavy (non-hydrogen) atoms. The average molecular weight is 301 g/mol. The molecule has 3 N–H and O–H groups in total. The van der Waals surface area contributed by atoms with Crippen LogP contribution in [0.1, 0.15) is 12.0 Å². The Balaban J connectivity index is 2.44. The van der Waals surface area contributed by atoms with Gasteiger partial charge in [0.1, 0.15) is 5.82 Å². The number of nitrogen functional groups attached to an aromatic ring is 1. The zero-order valence-electron chi connectivity index (χ0n) is 11.0. The Labute approximate surface area is 116 Å². The monoisotopic (exact) mass is 301 g/mol. The lowest BCUT2D eigenvalue weighted by molar-refractivity contribution is -0.120. The summed E-state index contributed by atoms with van der Waals surface area (Å²) in [5.74, 6) is -1.01. The zero-order valence-corrected chi connectivity index (χ0v) is 11.8. The number of nitrogens with zero attached hydrogens (tertiary/aromatic N) is 1. The molecule has 0 spiro atoms. The normalized spacial score (nSPS) is 17.6. The van der Waals surface area contributed by atoms with Gasteiger partial charge < -0.3 is 11.1 Å². The van der Waals surface area contributed by atoms with Gasteiger partial charge in [0, 0.05) is 13.1 Å². The highest BCUT2D eigenvalue weighted by Crippen LogP contribution is 2.25. The summed E-state index contributed by atoms with van der Waals surface area (Å²) in [6.07, 6.45) is 0.528. The van der Waals surface area contributed by atoms with Crippen LogP contribution in [0.2, 0.25) is 0 Å². The first-order valence-electron chi connectivity index (χ1n) is 6.15. The minimum atomic E-state index is -3.86. The van der Waals surface area contributed by atoms with Gasteiger partial charge in [-0.1, -0.05) is 0 Å². The maximum Gasteiger partial charge on any atom is 0.243 e. The van der Waals surface area contributed by atoms with E-state index in [-0.39, 0.29) is 35.1 Å². The summed E-state index contributed by atoms with van der Waals surface area (Å²) in [6.45, 7) is 1.93. The molecule has 0 saturated carbocycles. The lowest BCUT2D eigenvalue weighted by atomic mass is 10.2. The number of carbonyl (C=O) groups is 1. The third-order valence-electron chi connectivity index (χ3n) is 3.14. The van der Waals surface area contributed by atoms with Gasteiger partial charge in [-0.2, -0.15) is 4.31 Å². The molecule has 0 aliphatic carbocycles. The largest absolute Gasteiger partial charge is 0.396 e. The molecule has 110 valence electrons. The lowest BCUT2D eigenvalue weighted by Gasteiger charge is -2.20. The Morgan fingerprint density at radius 1 is 1.40 bits per heavy atom. The number of hydrogen-bond acceptors (Lipinski definition) is 4. The fraction of sp³-hybridized carbons (Fsp3) is 0.417. The molecule has 0 atom stereocenters. The van der Waals surface area contributed by atoms with Crippen molar-refractivity contribution < 1.29 is 17.6 Å². The smallest absolute Gasteiger partial charge is 0.243 e. The van der Waals surface area contributed by atoms with Crippen LogP contribution in [-0.2, 0) is 14.8 Å². The second-order valence-electron chi connectivity index (χ2n) is 4.68. The van der Waals surface area contributed by atoms with E-state index in [9.17, 15) is 17.6 Å². The second-order valence-corrected chi connectivity index (χ2v) is 6.59.